The fourth-order valence-electron chi connectivity index (χ4n) is 4.55. The summed E-state index contributed by atoms with van der Waals surface area (Å²) in [6.07, 6.45) is 1.99. The SMILES string of the molecule is COc1cccc(CC(=O)N2CCC[C@@H](c3nc4c(nnn4Cc4ccc(C)cc4)c(=O)[nH]3)C2)c1. The lowest BCUT2D eigenvalue weighted by molar-refractivity contribution is -0.131. The highest BCUT2D eigenvalue weighted by Crippen LogP contribution is 2.25. The average molecular weight is 473 g/mol. The van der Waals surface area contributed by atoms with Crippen LogP contribution in [0.1, 0.15) is 41.3 Å². The van der Waals surface area contributed by atoms with Gasteiger partial charge in [-0.3, -0.25) is 9.59 Å². The first-order valence-electron chi connectivity index (χ1n) is 11.8. The summed E-state index contributed by atoms with van der Waals surface area (Å²) in [6, 6.07) is 15.7. The highest BCUT2D eigenvalue weighted by Gasteiger charge is 2.27. The van der Waals surface area contributed by atoms with Gasteiger partial charge in [0.1, 0.15) is 11.6 Å². The lowest BCUT2D eigenvalue weighted by Crippen LogP contribution is -2.40. The number of nitrogens with one attached hydrogen (secondary N) is 1. The Kier molecular flexibility index (Phi) is 6.31. The van der Waals surface area contributed by atoms with Crippen molar-refractivity contribution in [2.75, 3.05) is 20.2 Å². The molecule has 1 aliphatic heterocycles. The van der Waals surface area contributed by atoms with Crippen LogP contribution in [0.2, 0.25) is 0 Å². The Morgan fingerprint density at radius 2 is 2.00 bits per heavy atom. The monoisotopic (exact) mass is 472 g/mol. The standard InChI is InChI=1S/C26H28N6O3/c1-17-8-10-18(11-9-17)15-32-25-23(29-30-32)26(34)28-24(27-25)20-6-4-12-31(16-20)22(33)14-19-5-3-7-21(13-19)35-2/h3,5,7-11,13,20H,4,6,12,14-16H2,1-2H3,(H,27,28,34)/t20-/m1/s1. The van der Waals surface area contributed by atoms with E-state index in [1.165, 1.54) is 5.56 Å². The van der Waals surface area contributed by atoms with Crippen molar-refractivity contribution in [3.05, 3.63) is 81.4 Å². The van der Waals surface area contributed by atoms with Crippen LogP contribution >= 0.6 is 0 Å². The van der Waals surface area contributed by atoms with E-state index in [9.17, 15) is 9.59 Å². The van der Waals surface area contributed by atoms with Crippen molar-refractivity contribution in [1.82, 2.24) is 29.9 Å². The summed E-state index contributed by atoms with van der Waals surface area (Å²) < 4.78 is 6.93. The molecule has 9 heteroatoms. The first kappa shape index (κ1) is 22.8. The van der Waals surface area contributed by atoms with Crippen LogP contribution in [0, 0.1) is 6.92 Å². The average Bonchev–Trinajstić information content (AvgIpc) is 3.28. The minimum absolute atomic E-state index is 0.0532. The van der Waals surface area contributed by atoms with Crippen LogP contribution in [-0.2, 0) is 17.8 Å². The molecule has 0 aliphatic carbocycles. The molecule has 1 amide bonds. The van der Waals surface area contributed by atoms with E-state index in [1.54, 1.807) is 11.8 Å². The normalized spacial score (nSPS) is 15.9. The summed E-state index contributed by atoms with van der Waals surface area (Å²) in [5.74, 6) is 1.31. The van der Waals surface area contributed by atoms with Crippen LogP contribution in [0.5, 0.6) is 5.75 Å². The number of fused-ring (bicyclic) bond motifs is 1. The van der Waals surface area contributed by atoms with Crippen LogP contribution < -0.4 is 10.3 Å². The number of hydrogen-bond donors (Lipinski definition) is 1. The number of carbonyl (C=O) groups excluding carboxylic acids is 1. The summed E-state index contributed by atoms with van der Waals surface area (Å²) in [5.41, 5.74) is 3.53. The molecular weight excluding hydrogens is 444 g/mol. The molecule has 9 nitrogen and oxygen atoms in total. The Balaban J connectivity index is 1.35. The third-order valence-corrected chi connectivity index (χ3v) is 6.50. The molecule has 1 saturated heterocycles. The van der Waals surface area contributed by atoms with Gasteiger partial charge >= 0.3 is 0 Å². The molecule has 1 fully saturated rings. The number of aromatic nitrogens is 5. The van der Waals surface area contributed by atoms with E-state index in [1.807, 2.05) is 60.4 Å². The molecule has 35 heavy (non-hydrogen) atoms. The molecule has 1 N–H and O–H groups in total. The number of hydrogen-bond acceptors (Lipinski definition) is 6. The Labute approximate surface area is 202 Å². The lowest BCUT2D eigenvalue weighted by atomic mass is 9.96. The number of rotatable bonds is 6. The van der Waals surface area contributed by atoms with Crippen molar-refractivity contribution in [3.63, 3.8) is 0 Å². The lowest BCUT2D eigenvalue weighted by Gasteiger charge is -2.32. The maximum Gasteiger partial charge on any atom is 0.281 e. The van der Waals surface area contributed by atoms with E-state index in [0.717, 1.165) is 29.7 Å². The predicted octanol–water partition coefficient (Wildman–Crippen LogP) is 2.83. The zero-order valence-corrected chi connectivity index (χ0v) is 19.9. The van der Waals surface area contributed by atoms with Crippen LogP contribution in [-0.4, -0.2) is 56.0 Å². The number of aromatic amines is 1. The topological polar surface area (TPSA) is 106 Å². The Morgan fingerprint density at radius 3 is 2.80 bits per heavy atom. The van der Waals surface area contributed by atoms with E-state index < -0.39 is 0 Å². The smallest absolute Gasteiger partial charge is 0.281 e. The van der Waals surface area contributed by atoms with Gasteiger partial charge in [0.05, 0.1) is 20.1 Å². The number of ether oxygens (including phenoxy) is 1. The van der Waals surface area contributed by atoms with Crippen LogP contribution in [0.25, 0.3) is 11.2 Å². The van der Waals surface area contributed by atoms with Crippen molar-refractivity contribution in [2.24, 2.45) is 0 Å². The van der Waals surface area contributed by atoms with Gasteiger partial charge in [0.25, 0.3) is 5.56 Å². The van der Waals surface area contributed by atoms with E-state index in [0.29, 0.717) is 37.5 Å². The molecule has 0 unspecified atom stereocenters. The zero-order valence-electron chi connectivity index (χ0n) is 19.9. The molecule has 180 valence electrons. The highest BCUT2D eigenvalue weighted by molar-refractivity contribution is 5.79. The first-order chi connectivity index (χ1) is 17.0. The molecule has 1 atom stereocenters. The summed E-state index contributed by atoms with van der Waals surface area (Å²) in [7, 11) is 1.61. The molecule has 0 radical (unpaired) electrons. The molecular formula is C26H28N6O3. The molecule has 4 aromatic rings. The van der Waals surface area contributed by atoms with Crippen LogP contribution in [0.4, 0.5) is 0 Å². The van der Waals surface area contributed by atoms with Crippen molar-refractivity contribution in [1.29, 1.82) is 0 Å². The van der Waals surface area contributed by atoms with Crippen molar-refractivity contribution >= 4 is 17.1 Å². The van der Waals surface area contributed by atoms with Gasteiger partial charge in [-0.25, -0.2) is 9.67 Å². The molecule has 0 saturated carbocycles. The number of likely N-dealkylation sites (tertiary alicyclic amines) is 1. The quantitative estimate of drug-likeness (QED) is 0.463. The number of aryl methyl sites for hydroxylation is 1. The Bertz CT molecular complexity index is 1410. The third-order valence-electron chi connectivity index (χ3n) is 6.50. The van der Waals surface area contributed by atoms with Gasteiger partial charge in [0.15, 0.2) is 11.2 Å². The van der Waals surface area contributed by atoms with Gasteiger partial charge in [-0.05, 0) is 43.0 Å². The summed E-state index contributed by atoms with van der Waals surface area (Å²) in [6.45, 7) is 3.72. The molecule has 0 bridgehead atoms. The van der Waals surface area contributed by atoms with Crippen molar-refractivity contribution in [2.45, 2.75) is 38.6 Å². The fourth-order valence-corrected chi connectivity index (χ4v) is 4.55. The van der Waals surface area contributed by atoms with E-state index in [2.05, 4.69) is 15.3 Å². The fraction of sp³-hybridized carbons (Fsp3) is 0.346. The first-order valence-corrected chi connectivity index (χ1v) is 11.8. The molecule has 3 heterocycles. The number of H-pyrrole nitrogens is 1. The highest BCUT2D eigenvalue weighted by atomic mass is 16.5. The number of carbonyl (C=O) groups is 1. The predicted molar refractivity (Wildman–Crippen MR) is 131 cm³/mol. The molecule has 2 aromatic carbocycles. The van der Waals surface area contributed by atoms with Crippen LogP contribution in [0.3, 0.4) is 0 Å². The second-order valence-corrected chi connectivity index (χ2v) is 9.06. The van der Waals surface area contributed by atoms with Gasteiger partial charge in [-0.2, -0.15) is 0 Å². The minimum atomic E-state index is -0.306. The van der Waals surface area contributed by atoms with Gasteiger partial charge in [-0.15, -0.1) is 5.10 Å². The molecule has 2 aromatic heterocycles. The third kappa shape index (κ3) is 4.94. The number of piperidine rings is 1. The van der Waals surface area contributed by atoms with E-state index in [-0.39, 0.29) is 22.9 Å². The van der Waals surface area contributed by atoms with Crippen LogP contribution in [0.15, 0.2) is 53.3 Å². The van der Waals surface area contributed by atoms with Gasteiger partial charge in [-0.1, -0.05) is 47.2 Å². The summed E-state index contributed by atoms with van der Waals surface area (Å²) in [5, 5.41) is 8.23. The second kappa shape index (κ2) is 9.69. The van der Waals surface area contributed by atoms with Gasteiger partial charge in [0, 0.05) is 19.0 Å². The van der Waals surface area contributed by atoms with Gasteiger partial charge in [0.2, 0.25) is 5.91 Å². The largest absolute Gasteiger partial charge is 0.497 e. The Morgan fingerprint density at radius 1 is 1.17 bits per heavy atom. The molecule has 5 rings (SSSR count). The number of methoxy groups -OCH3 is 1. The van der Waals surface area contributed by atoms with E-state index >= 15 is 0 Å². The van der Waals surface area contributed by atoms with Crippen molar-refractivity contribution in [3.8, 4) is 5.75 Å². The van der Waals surface area contributed by atoms with Crippen molar-refractivity contribution < 1.29 is 9.53 Å². The minimum Gasteiger partial charge on any atom is -0.497 e. The van der Waals surface area contributed by atoms with Gasteiger partial charge < -0.3 is 14.6 Å². The molecule has 0 spiro atoms. The Hall–Kier alpha value is -4.01. The maximum absolute atomic E-state index is 13.0. The number of amides is 1. The number of nitrogens with zero attached hydrogens (tertiary/aromatic N) is 5. The molecule has 1 aliphatic rings. The maximum atomic E-state index is 13.0. The second-order valence-electron chi connectivity index (χ2n) is 9.06. The zero-order chi connectivity index (χ0) is 24.4. The van der Waals surface area contributed by atoms with E-state index in [4.69, 9.17) is 9.72 Å². The summed E-state index contributed by atoms with van der Waals surface area (Å²) >= 11 is 0. The summed E-state index contributed by atoms with van der Waals surface area (Å²) in [4.78, 5) is 35.3. The number of benzene rings is 2.